The average Bonchev–Trinajstić information content (AvgIpc) is 2.74. The Morgan fingerprint density at radius 3 is 2.26 bits per heavy atom. The number of aliphatic hydroxyl groups is 3. The molecule has 0 saturated heterocycles. The molecule has 4 N–H and O–H groups in total. The van der Waals surface area contributed by atoms with Crippen molar-refractivity contribution >= 4 is 5.97 Å². The first-order valence-corrected chi connectivity index (χ1v) is 14.0. The van der Waals surface area contributed by atoms with E-state index in [0.29, 0.717) is 25.2 Å². The van der Waals surface area contributed by atoms with Gasteiger partial charge in [-0.05, 0) is 97.7 Å². The van der Waals surface area contributed by atoms with Crippen LogP contribution in [0.5, 0.6) is 0 Å². The number of aliphatic hydroxyl groups excluding tert-OH is 2. The predicted molar refractivity (Wildman–Crippen MR) is 135 cm³/mol. The van der Waals surface area contributed by atoms with E-state index in [4.69, 9.17) is 0 Å². The monoisotopic (exact) mass is 488 g/mol. The molecule has 198 valence electrons. The standard InChI is InChI=1S/C30H48O5/c1-17-10-13-30(24(33)34)15-14-27(5)18(22(30)29(17,7)35)8-9-20-26(4)12-11-21(32)25(2,3)23(26)19(31)16-28(20,27)6/h8,17,19-23,31-32,35H,9-16H2,1-7H3,(H,33,34)/t17-,19-,20-,21+,22-,23?,26-,27-,28-,29-,30+/m1/s1. The van der Waals surface area contributed by atoms with Crippen molar-refractivity contribution in [2.24, 2.45) is 50.7 Å². The van der Waals surface area contributed by atoms with Crippen LogP contribution in [-0.2, 0) is 4.79 Å². The van der Waals surface area contributed by atoms with Gasteiger partial charge in [0.05, 0.1) is 23.2 Å². The highest BCUT2D eigenvalue weighted by molar-refractivity contribution is 5.77. The van der Waals surface area contributed by atoms with E-state index < -0.39 is 35.1 Å². The molecule has 0 aromatic rings. The SMILES string of the molecule is C[C@@H]1CC[C@]2(C(=O)O)CC[C@]3(C)C(=CC[C@@H]4[C@@]5(C)CC[C@H](O)C(C)(C)C5[C@H](O)C[C@]43C)[C@@H]2[C@]1(C)O. The second-order valence-electron chi connectivity index (χ2n) is 14.9. The van der Waals surface area contributed by atoms with Crippen LogP contribution in [0.2, 0.25) is 0 Å². The fourth-order valence-corrected chi connectivity index (χ4v) is 11.0. The molecule has 0 radical (unpaired) electrons. The fourth-order valence-electron chi connectivity index (χ4n) is 11.0. The second kappa shape index (κ2) is 7.35. The van der Waals surface area contributed by atoms with E-state index in [0.717, 1.165) is 37.7 Å². The molecule has 5 heteroatoms. The van der Waals surface area contributed by atoms with Crippen molar-refractivity contribution in [2.75, 3.05) is 0 Å². The quantitative estimate of drug-likeness (QED) is 0.382. The van der Waals surface area contributed by atoms with Gasteiger partial charge in [0.2, 0.25) is 0 Å². The number of hydrogen-bond donors (Lipinski definition) is 4. The lowest BCUT2D eigenvalue weighted by atomic mass is 9.32. The normalized spacial score (nSPS) is 57.1. The minimum Gasteiger partial charge on any atom is -0.481 e. The molecule has 35 heavy (non-hydrogen) atoms. The maximum absolute atomic E-state index is 12.8. The molecule has 5 aliphatic rings. The van der Waals surface area contributed by atoms with Crippen LogP contribution < -0.4 is 0 Å². The highest BCUT2D eigenvalue weighted by Crippen LogP contribution is 2.76. The molecule has 11 atom stereocenters. The molecular weight excluding hydrogens is 440 g/mol. The summed E-state index contributed by atoms with van der Waals surface area (Å²) in [6.07, 6.45) is 7.27. The van der Waals surface area contributed by atoms with Crippen molar-refractivity contribution in [2.45, 2.75) is 118 Å². The number of hydrogen-bond acceptors (Lipinski definition) is 4. The van der Waals surface area contributed by atoms with E-state index >= 15 is 0 Å². The van der Waals surface area contributed by atoms with E-state index in [1.807, 2.05) is 6.92 Å². The van der Waals surface area contributed by atoms with Gasteiger partial charge < -0.3 is 20.4 Å². The number of rotatable bonds is 1. The molecule has 0 spiro atoms. The summed E-state index contributed by atoms with van der Waals surface area (Å²) in [6.45, 7) is 15.2. The molecule has 5 rings (SSSR count). The zero-order valence-electron chi connectivity index (χ0n) is 22.9. The fraction of sp³-hybridized carbons (Fsp3) is 0.900. The molecule has 0 aromatic carbocycles. The van der Waals surface area contributed by atoms with Gasteiger partial charge >= 0.3 is 5.97 Å². The number of aliphatic carboxylic acids is 1. The Morgan fingerprint density at radius 2 is 1.63 bits per heavy atom. The van der Waals surface area contributed by atoms with Crippen LogP contribution in [0.1, 0.15) is 99.8 Å². The zero-order valence-corrected chi connectivity index (χ0v) is 22.9. The molecule has 0 bridgehead atoms. The number of fused-ring (bicyclic) bond motifs is 7. The molecular formula is C30H48O5. The predicted octanol–water partition coefficient (Wildman–Crippen LogP) is 5.18. The van der Waals surface area contributed by atoms with Gasteiger partial charge in [0.15, 0.2) is 0 Å². The van der Waals surface area contributed by atoms with Gasteiger partial charge in [0, 0.05) is 5.92 Å². The van der Waals surface area contributed by atoms with E-state index in [-0.39, 0.29) is 33.5 Å². The Hall–Kier alpha value is -0.910. The lowest BCUT2D eigenvalue weighted by molar-refractivity contribution is -0.247. The summed E-state index contributed by atoms with van der Waals surface area (Å²) in [5.74, 6) is -0.765. The Kier molecular flexibility index (Phi) is 5.40. The minimum atomic E-state index is -1.08. The summed E-state index contributed by atoms with van der Waals surface area (Å²) in [4.78, 5) is 12.8. The Labute approximate surface area is 211 Å². The molecule has 1 unspecified atom stereocenters. The summed E-state index contributed by atoms with van der Waals surface area (Å²) < 4.78 is 0. The molecule has 5 nitrogen and oxygen atoms in total. The molecule has 0 aromatic heterocycles. The molecule has 5 aliphatic carbocycles. The summed E-state index contributed by atoms with van der Waals surface area (Å²) >= 11 is 0. The van der Waals surface area contributed by atoms with Crippen LogP contribution in [0.3, 0.4) is 0 Å². The lowest BCUT2D eigenvalue weighted by Gasteiger charge is -2.72. The van der Waals surface area contributed by atoms with Crippen molar-refractivity contribution in [3.8, 4) is 0 Å². The molecule has 0 heterocycles. The first-order valence-electron chi connectivity index (χ1n) is 14.0. The van der Waals surface area contributed by atoms with Crippen LogP contribution in [0.15, 0.2) is 11.6 Å². The molecule has 0 aliphatic heterocycles. The Morgan fingerprint density at radius 1 is 0.971 bits per heavy atom. The summed E-state index contributed by atoms with van der Waals surface area (Å²) in [7, 11) is 0. The van der Waals surface area contributed by atoms with Crippen molar-refractivity contribution in [1.82, 2.24) is 0 Å². The maximum atomic E-state index is 12.8. The summed E-state index contributed by atoms with van der Waals surface area (Å²) in [5, 5.41) is 45.1. The molecule has 4 fully saturated rings. The highest BCUT2D eigenvalue weighted by atomic mass is 16.4. The van der Waals surface area contributed by atoms with Gasteiger partial charge in [0.1, 0.15) is 0 Å². The van der Waals surface area contributed by atoms with Gasteiger partial charge in [-0.2, -0.15) is 0 Å². The van der Waals surface area contributed by atoms with Crippen LogP contribution >= 0.6 is 0 Å². The van der Waals surface area contributed by atoms with Gasteiger partial charge in [-0.15, -0.1) is 0 Å². The Bertz CT molecular complexity index is 952. The average molecular weight is 489 g/mol. The topological polar surface area (TPSA) is 98.0 Å². The number of carboxylic acids is 1. The first kappa shape index (κ1) is 25.7. The lowest BCUT2D eigenvalue weighted by Crippen LogP contribution is -2.70. The van der Waals surface area contributed by atoms with Gasteiger partial charge in [-0.3, -0.25) is 4.79 Å². The van der Waals surface area contributed by atoms with E-state index in [9.17, 15) is 25.2 Å². The third-order valence-electron chi connectivity index (χ3n) is 13.3. The van der Waals surface area contributed by atoms with Gasteiger partial charge in [-0.25, -0.2) is 0 Å². The third kappa shape index (κ3) is 2.90. The zero-order chi connectivity index (χ0) is 26.0. The van der Waals surface area contributed by atoms with Gasteiger partial charge in [0.25, 0.3) is 0 Å². The summed E-state index contributed by atoms with van der Waals surface area (Å²) in [6, 6.07) is 0. The molecule has 4 saturated carbocycles. The van der Waals surface area contributed by atoms with E-state index in [1.54, 1.807) is 0 Å². The van der Waals surface area contributed by atoms with E-state index in [2.05, 4.69) is 47.6 Å². The molecule has 0 amide bonds. The van der Waals surface area contributed by atoms with Crippen LogP contribution in [0, 0.1) is 50.7 Å². The third-order valence-corrected chi connectivity index (χ3v) is 13.3. The number of allylic oxidation sites excluding steroid dienone is 1. The smallest absolute Gasteiger partial charge is 0.310 e. The largest absolute Gasteiger partial charge is 0.481 e. The Balaban J connectivity index is 1.67. The first-order chi connectivity index (χ1) is 16.0. The van der Waals surface area contributed by atoms with Crippen LogP contribution in [0.4, 0.5) is 0 Å². The number of carboxylic acid groups (broad SMARTS) is 1. The van der Waals surface area contributed by atoms with Crippen LogP contribution in [-0.4, -0.2) is 44.2 Å². The van der Waals surface area contributed by atoms with Crippen molar-refractivity contribution in [1.29, 1.82) is 0 Å². The second-order valence-corrected chi connectivity index (χ2v) is 14.9. The maximum Gasteiger partial charge on any atom is 0.310 e. The number of carbonyl (C=O) groups is 1. The highest BCUT2D eigenvalue weighted by Gasteiger charge is 2.72. The van der Waals surface area contributed by atoms with Crippen LogP contribution in [0.25, 0.3) is 0 Å². The summed E-state index contributed by atoms with van der Waals surface area (Å²) in [5.41, 5.74) is -1.80. The van der Waals surface area contributed by atoms with Crippen molar-refractivity contribution < 1.29 is 25.2 Å². The van der Waals surface area contributed by atoms with Crippen molar-refractivity contribution in [3.63, 3.8) is 0 Å². The minimum absolute atomic E-state index is 0.0230. The van der Waals surface area contributed by atoms with Crippen molar-refractivity contribution in [3.05, 3.63) is 11.6 Å². The van der Waals surface area contributed by atoms with E-state index in [1.165, 1.54) is 0 Å². The van der Waals surface area contributed by atoms with Gasteiger partial charge in [-0.1, -0.05) is 53.2 Å².